The number of carboxylic acid groups (broad SMARTS) is 1. The summed E-state index contributed by atoms with van der Waals surface area (Å²) in [6.07, 6.45) is 0.250. The maximum atomic E-state index is 10.4. The molecular weight excluding hydrogens is 156 g/mol. The van der Waals surface area contributed by atoms with Crippen molar-refractivity contribution in [3.63, 3.8) is 0 Å². The van der Waals surface area contributed by atoms with Gasteiger partial charge in [0.25, 0.3) is 0 Å². The second-order valence-corrected chi connectivity index (χ2v) is 3.23. The maximum absolute atomic E-state index is 10.4. The molecule has 0 spiro atoms. The van der Waals surface area contributed by atoms with Crippen LogP contribution < -0.4 is 5.32 Å². The van der Waals surface area contributed by atoms with Crippen molar-refractivity contribution in [2.75, 3.05) is 26.2 Å². The van der Waals surface area contributed by atoms with E-state index in [0.717, 1.165) is 26.2 Å². The molecule has 1 atom stereocenters. The number of rotatable bonds is 3. The van der Waals surface area contributed by atoms with Gasteiger partial charge < -0.3 is 10.4 Å². The molecule has 0 aromatic carbocycles. The first-order valence-corrected chi connectivity index (χ1v) is 4.36. The smallest absolute Gasteiger partial charge is 0.304 e. The van der Waals surface area contributed by atoms with Gasteiger partial charge in [-0.15, -0.1) is 0 Å². The molecule has 1 saturated heterocycles. The number of piperazine rings is 1. The van der Waals surface area contributed by atoms with E-state index in [-0.39, 0.29) is 12.5 Å². The molecular formula is C8H16N2O2. The minimum absolute atomic E-state index is 0.171. The second-order valence-electron chi connectivity index (χ2n) is 3.23. The van der Waals surface area contributed by atoms with Gasteiger partial charge >= 0.3 is 5.97 Å². The quantitative estimate of drug-likeness (QED) is 0.616. The molecule has 0 aliphatic carbocycles. The number of nitrogens with one attached hydrogen (secondary N) is 1. The largest absolute Gasteiger partial charge is 0.481 e. The van der Waals surface area contributed by atoms with Crippen molar-refractivity contribution in [2.45, 2.75) is 19.4 Å². The standard InChI is InChI=1S/C8H16N2O2/c1-7(6-8(11)12)10-4-2-9-3-5-10/h7,9H,2-6H2,1H3,(H,11,12)/t7-/m1/s1. The van der Waals surface area contributed by atoms with Crippen molar-refractivity contribution in [1.82, 2.24) is 10.2 Å². The van der Waals surface area contributed by atoms with Gasteiger partial charge in [0.1, 0.15) is 0 Å². The molecule has 1 aliphatic rings. The van der Waals surface area contributed by atoms with Crippen molar-refractivity contribution in [2.24, 2.45) is 0 Å². The SMILES string of the molecule is C[C@H](CC(=O)O)N1CCNCC1. The number of hydrogen-bond donors (Lipinski definition) is 2. The summed E-state index contributed by atoms with van der Waals surface area (Å²) < 4.78 is 0. The van der Waals surface area contributed by atoms with Crippen LogP contribution in [-0.2, 0) is 4.79 Å². The van der Waals surface area contributed by atoms with Crippen LogP contribution in [0.4, 0.5) is 0 Å². The van der Waals surface area contributed by atoms with Gasteiger partial charge in [0.05, 0.1) is 6.42 Å². The number of hydrogen-bond acceptors (Lipinski definition) is 3. The fourth-order valence-electron chi connectivity index (χ4n) is 1.50. The van der Waals surface area contributed by atoms with Gasteiger partial charge in [0.15, 0.2) is 0 Å². The zero-order valence-corrected chi connectivity index (χ0v) is 7.42. The number of carboxylic acids is 1. The molecule has 1 fully saturated rings. The van der Waals surface area contributed by atoms with Crippen LogP contribution in [0.3, 0.4) is 0 Å². The zero-order valence-electron chi connectivity index (χ0n) is 7.42. The summed E-state index contributed by atoms with van der Waals surface area (Å²) in [7, 11) is 0. The van der Waals surface area contributed by atoms with Gasteiger partial charge in [-0.05, 0) is 6.92 Å². The monoisotopic (exact) mass is 172 g/mol. The van der Waals surface area contributed by atoms with E-state index >= 15 is 0 Å². The summed E-state index contributed by atoms with van der Waals surface area (Å²) in [6, 6.07) is 0.171. The van der Waals surface area contributed by atoms with Gasteiger partial charge in [-0.2, -0.15) is 0 Å². The third-order valence-electron chi connectivity index (χ3n) is 2.24. The van der Waals surface area contributed by atoms with Crippen LogP contribution >= 0.6 is 0 Å². The van der Waals surface area contributed by atoms with Crippen LogP contribution in [0.5, 0.6) is 0 Å². The number of aliphatic carboxylic acids is 1. The first-order chi connectivity index (χ1) is 5.70. The fourth-order valence-corrected chi connectivity index (χ4v) is 1.50. The van der Waals surface area contributed by atoms with E-state index in [1.54, 1.807) is 0 Å². The lowest BCUT2D eigenvalue weighted by atomic mass is 10.2. The third-order valence-corrected chi connectivity index (χ3v) is 2.24. The number of nitrogens with zero attached hydrogens (tertiary/aromatic N) is 1. The molecule has 0 unspecified atom stereocenters. The average Bonchev–Trinajstić information content (AvgIpc) is 2.05. The Balaban J connectivity index is 2.29. The highest BCUT2D eigenvalue weighted by Gasteiger charge is 2.18. The fraction of sp³-hybridized carbons (Fsp3) is 0.875. The Morgan fingerprint density at radius 3 is 2.67 bits per heavy atom. The normalized spacial score (nSPS) is 22.1. The molecule has 70 valence electrons. The summed E-state index contributed by atoms with van der Waals surface area (Å²) >= 11 is 0. The van der Waals surface area contributed by atoms with E-state index in [2.05, 4.69) is 10.2 Å². The predicted octanol–water partition coefficient (Wildman–Crippen LogP) is -0.245. The molecule has 1 rings (SSSR count). The molecule has 4 heteroatoms. The molecule has 0 aromatic heterocycles. The van der Waals surface area contributed by atoms with Crippen LogP contribution in [0.1, 0.15) is 13.3 Å². The van der Waals surface area contributed by atoms with Crippen LogP contribution in [-0.4, -0.2) is 48.2 Å². The lowest BCUT2D eigenvalue weighted by Gasteiger charge is -2.31. The Morgan fingerprint density at radius 1 is 1.58 bits per heavy atom. The highest BCUT2D eigenvalue weighted by molar-refractivity contribution is 5.67. The first kappa shape index (κ1) is 9.48. The first-order valence-electron chi connectivity index (χ1n) is 4.36. The Kier molecular flexibility index (Phi) is 3.49. The highest BCUT2D eigenvalue weighted by atomic mass is 16.4. The molecule has 0 bridgehead atoms. The maximum Gasteiger partial charge on any atom is 0.304 e. The Hall–Kier alpha value is -0.610. The minimum Gasteiger partial charge on any atom is -0.481 e. The van der Waals surface area contributed by atoms with Gasteiger partial charge in [-0.1, -0.05) is 0 Å². The second kappa shape index (κ2) is 4.42. The molecule has 0 amide bonds. The van der Waals surface area contributed by atoms with Crippen molar-refractivity contribution in [1.29, 1.82) is 0 Å². The molecule has 2 N–H and O–H groups in total. The molecule has 4 nitrogen and oxygen atoms in total. The molecule has 1 heterocycles. The van der Waals surface area contributed by atoms with Crippen molar-refractivity contribution in [3.05, 3.63) is 0 Å². The number of carbonyl (C=O) groups is 1. The topological polar surface area (TPSA) is 52.6 Å². The van der Waals surface area contributed by atoms with Crippen LogP contribution in [0, 0.1) is 0 Å². The third kappa shape index (κ3) is 2.79. The molecule has 12 heavy (non-hydrogen) atoms. The van der Waals surface area contributed by atoms with Crippen molar-refractivity contribution in [3.8, 4) is 0 Å². The Morgan fingerprint density at radius 2 is 2.17 bits per heavy atom. The summed E-state index contributed by atoms with van der Waals surface area (Å²) in [5.74, 6) is -0.707. The summed E-state index contributed by atoms with van der Waals surface area (Å²) in [5.41, 5.74) is 0. The lowest BCUT2D eigenvalue weighted by molar-refractivity contribution is -0.138. The van der Waals surface area contributed by atoms with E-state index in [1.807, 2.05) is 6.92 Å². The van der Waals surface area contributed by atoms with E-state index in [0.29, 0.717) is 0 Å². The Bertz CT molecular complexity index is 155. The summed E-state index contributed by atoms with van der Waals surface area (Å²) in [4.78, 5) is 12.6. The van der Waals surface area contributed by atoms with E-state index in [4.69, 9.17) is 5.11 Å². The van der Waals surface area contributed by atoms with Crippen LogP contribution in [0.15, 0.2) is 0 Å². The van der Waals surface area contributed by atoms with Crippen molar-refractivity contribution < 1.29 is 9.90 Å². The average molecular weight is 172 g/mol. The van der Waals surface area contributed by atoms with Gasteiger partial charge in [-0.3, -0.25) is 9.69 Å². The zero-order chi connectivity index (χ0) is 8.97. The molecule has 1 aliphatic heterocycles. The van der Waals surface area contributed by atoms with E-state index in [9.17, 15) is 4.79 Å². The van der Waals surface area contributed by atoms with Crippen LogP contribution in [0.2, 0.25) is 0 Å². The minimum atomic E-state index is -0.707. The van der Waals surface area contributed by atoms with Gasteiger partial charge in [0, 0.05) is 32.2 Å². The van der Waals surface area contributed by atoms with Gasteiger partial charge in [-0.25, -0.2) is 0 Å². The summed E-state index contributed by atoms with van der Waals surface area (Å²) in [6.45, 7) is 5.86. The predicted molar refractivity (Wildman–Crippen MR) is 46.2 cm³/mol. The molecule has 0 aromatic rings. The van der Waals surface area contributed by atoms with Gasteiger partial charge in [0.2, 0.25) is 0 Å². The molecule has 0 radical (unpaired) electrons. The van der Waals surface area contributed by atoms with E-state index in [1.165, 1.54) is 0 Å². The van der Waals surface area contributed by atoms with E-state index < -0.39 is 5.97 Å². The van der Waals surface area contributed by atoms with Crippen LogP contribution in [0.25, 0.3) is 0 Å². The highest BCUT2D eigenvalue weighted by Crippen LogP contribution is 2.04. The van der Waals surface area contributed by atoms with Crippen molar-refractivity contribution >= 4 is 5.97 Å². The lowest BCUT2D eigenvalue weighted by Crippen LogP contribution is -2.47. The summed E-state index contributed by atoms with van der Waals surface area (Å²) in [5, 5.41) is 11.8. The Labute approximate surface area is 72.6 Å². The molecule has 0 saturated carbocycles.